The zero-order valence-electron chi connectivity index (χ0n) is 21.0. The van der Waals surface area contributed by atoms with Crippen LogP contribution in [-0.4, -0.2) is 53.5 Å². The van der Waals surface area contributed by atoms with Crippen molar-refractivity contribution in [1.29, 1.82) is 0 Å². The quantitative estimate of drug-likeness (QED) is 0.337. The molecule has 0 aliphatic carbocycles. The fourth-order valence-electron chi connectivity index (χ4n) is 4.76. The largest absolute Gasteiger partial charge is 0.504 e. The van der Waals surface area contributed by atoms with E-state index in [1.807, 2.05) is 66.4 Å². The summed E-state index contributed by atoms with van der Waals surface area (Å²) in [6.07, 6.45) is 0.665. The Morgan fingerprint density at radius 2 is 1.65 bits per heavy atom. The van der Waals surface area contributed by atoms with Gasteiger partial charge in [0.1, 0.15) is 17.2 Å². The molecule has 2 heterocycles. The standard InChI is InChI=1S/C29H29N3O5/c1-4-37-24-17-20(9-14-23(24)33)28-25-26(19-7-12-22(36-3)13-8-19)30-31-27(25)29(34)32(28)16-15-18-5-10-21(35-2)11-6-18/h5-14,17,28,33H,4,15-16H2,1-3H3,(H,30,31). The number of carbonyl (C=O) groups is 1. The van der Waals surface area contributed by atoms with Crippen molar-refractivity contribution in [2.24, 2.45) is 0 Å². The molecule has 1 aliphatic heterocycles. The van der Waals surface area contributed by atoms with Crippen molar-refractivity contribution in [2.45, 2.75) is 19.4 Å². The number of H-pyrrole nitrogens is 1. The number of aromatic amines is 1. The van der Waals surface area contributed by atoms with Gasteiger partial charge >= 0.3 is 0 Å². The van der Waals surface area contributed by atoms with Crippen molar-refractivity contribution in [3.63, 3.8) is 0 Å². The topological polar surface area (TPSA) is 96.9 Å². The van der Waals surface area contributed by atoms with Crippen molar-refractivity contribution < 1.29 is 24.1 Å². The van der Waals surface area contributed by atoms with Crippen molar-refractivity contribution in [3.8, 4) is 34.3 Å². The molecule has 1 aliphatic rings. The molecule has 0 radical (unpaired) electrons. The van der Waals surface area contributed by atoms with Crippen molar-refractivity contribution in [2.75, 3.05) is 27.4 Å². The summed E-state index contributed by atoms with van der Waals surface area (Å²) in [6, 6.07) is 20.3. The van der Waals surface area contributed by atoms with E-state index in [2.05, 4.69) is 10.2 Å². The summed E-state index contributed by atoms with van der Waals surface area (Å²) in [5.74, 6) is 1.85. The van der Waals surface area contributed by atoms with E-state index in [0.29, 0.717) is 36.7 Å². The van der Waals surface area contributed by atoms with Gasteiger partial charge in [0, 0.05) is 17.7 Å². The molecule has 3 aromatic carbocycles. The SMILES string of the molecule is CCOc1cc(C2c3c(-c4ccc(OC)cc4)n[nH]c3C(=O)N2CCc2ccc(OC)cc2)ccc1O. The minimum absolute atomic E-state index is 0.0579. The molecule has 190 valence electrons. The fourth-order valence-corrected chi connectivity index (χ4v) is 4.76. The molecular formula is C29H29N3O5. The van der Waals surface area contributed by atoms with E-state index >= 15 is 0 Å². The van der Waals surface area contributed by atoms with Gasteiger partial charge in [0.15, 0.2) is 11.5 Å². The van der Waals surface area contributed by atoms with Gasteiger partial charge < -0.3 is 24.2 Å². The van der Waals surface area contributed by atoms with Gasteiger partial charge in [0.2, 0.25) is 0 Å². The van der Waals surface area contributed by atoms with Crippen LogP contribution in [0.2, 0.25) is 0 Å². The van der Waals surface area contributed by atoms with Crippen LogP contribution < -0.4 is 14.2 Å². The first-order valence-electron chi connectivity index (χ1n) is 12.2. The number of phenols is 1. The van der Waals surface area contributed by atoms with Gasteiger partial charge in [0.25, 0.3) is 5.91 Å². The predicted octanol–water partition coefficient (Wildman–Crippen LogP) is 4.99. The number of fused-ring (bicyclic) bond motifs is 1. The molecule has 1 atom stereocenters. The first kappa shape index (κ1) is 24.2. The number of carbonyl (C=O) groups excluding carboxylic acids is 1. The Kier molecular flexibility index (Phi) is 6.72. The van der Waals surface area contributed by atoms with Gasteiger partial charge in [-0.1, -0.05) is 18.2 Å². The highest BCUT2D eigenvalue weighted by molar-refractivity contribution is 6.00. The first-order chi connectivity index (χ1) is 18.0. The lowest BCUT2D eigenvalue weighted by Crippen LogP contribution is -2.31. The fraction of sp³-hybridized carbons (Fsp3) is 0.241. The molecule has 1 unspecified atom stereocenters. The minimum atomic E-state index is -0.406. The molecule has 1 amide bonds. The van der Waals surface area contributed by atoms with Crippen LogP contribution in [0, 0.1) is 0 Å². The number of amides is 1. The molecule has 0 spiro atoms. The molecule has 2 N–H and O–H groups in total. The molecular weight excluding hydrogens is 470 g/mol. The van der Waals surface area contributed by atoms with Gasteiger partial charge in [0.05, 0.1) is 32.6 Å². The smallest absolute Gasteiger partial charge is 0.273 e. The predicted molar refractivity (Wildman–Crippen MR) is 139 cm³/mol. The molecule has 0 bridgehead atoms. The Hall–Kier alpha value is -4.46. The zero-order valence-corrected chi connectivity index (χ0v) is 21.0. The van der Waals surface area contributed by atoms with E-state index in [1.165, 1.54) is 0 Å². The summed E-state index contributed by atoms with van der Waals surface area (Å²) < 4.78 is 16.2. The lowest BCUT2D eigenvalue weighted by Gasteiger charge is -2.27. The number of phenolic OH excluding ortho intramolecular Hbond substituents is 1. The number of hydrogen-bond donors (Lipinski definition) is 2. The van der Waals surface area contributed by atoms with Crippen LogP contribution >= 0.6 is 0 Å². The van der Waals surface area contributed by atoms with E-state index in [1.54, 1.807) is 26.4 Å². The van der Waals surface area contributed by atoms with Crippen LogP contribution in [0.5, 0.6) is 23.0 Å². The number of nitrogens with one attached hydrogen (secondary N) is 1. The normalized spacial score (nSPS) is 14.5. The van der Waals surface area contributed by atoms with Crippen molar-refractivity contribution in [1.82, 2.24) is 15.1 Å². The summed E-state index contributed by atoms with van der Waals surface area (Å²) >= 11 is 0. The number of rotatable bonds is 9. The second-order valence-electron chi connectivity index (χ2n) is 8.75. The minimum Gasteiger partial charge on any atom is -0.504 e. The maximum Gasteiger partial charge on any atom is 0.273 e. The number of ether oxygens (including phenoxy) is 3. The summed E-state index contributed by atoms with van der Waals surface area (Å²) in [7, 11) is 3.26. The van der Waals surface area contributed by atoms with Crippen LogP contribution in [0.3, 0.4) is 0 Å². The Bertz CT molecular complexity index is 1400. The third kappa shape index (κ3) is 4.58. The Morgan fingerprint density at radius 3 is 2.30 bits per heavy atom. The first-order valence-corrected chi connectivity index (χ1v) is 12.2. The maximum atomic E-state index is 13.7. The number of aromatic nitrogens is 2. The third-order valence-corrected chi connectivity index (χ3v) is 6.63. The molecule has 1 aromatic heterocycles. The third-order valence-electron chi connectivity index (χ3n) is 6.63. The number of benzene rings is 3. The van der Waals surface area contributed by atoms with Gasteiger partial charge in [-0.2, -0.15) is 5.10 Å². The monoisotopic (exact) mass is 499 g/mol. The van der Waals surface area contributed by atoms with Crippen molar-refractivity contribution in [3.05, 3.63) is 89.1 Å². The van der Waals surface area contributed by atoms with E-state index in [0.717, 1.165) is 33.8 Å². The molecule has 4 aromatic rings. The number of methoxy groups -OCH3 is 2. The van der Waals surface area contributed by atoms with Crippen LogP contribution in [0.4, 0.5) is 0 Å². The van der Waals surface area contributed by atoms with E-state index < -0.39 is 6.04 Å². The lowest BCUT2D eigenvalue weighted by atomic mass is 9.95. The second kappa shape index (κ2) is 10.3. The van der Waals surface area contributed by atoms with Crippen LogP contribution in [0.25, 0.3) is 11.3 Å². The summed E-state index contributed by atoms with van der Waals surface area (Å²) in [6.45, 7) is 2.77. The Labute approximate surface area is 215 Å². The summed E-state index contributed by atoms with van der Waals surface area (Å²) in [5, 5.41) is 17.8. The molecule has 8 heteroatoms. The van der Waals surface area contributed by atoms with Crippen LogP contribution in [-0.2, 0) is 6.42 Å². The average Bonchev–Trinajstić information content (AvgIpc) is 3.48. The average molecular weight is 500 g/mol. The van der Waals surface area contributed by atoms with Crippen LogP contribution in [0.1, 0.15) is 40.1 Å². The highest BCUT2D eigenvalue weighted by atomic mass is 16.5. The molecule has 8 nitrogen and oxygen atoms in total. The highest BCUT2D eigenvalue weighted by Gasteiger charge is 2.42. The number of nitrogens with zero attached hydrogens (tertiary/aromatic N) is 2. The molecule has 0 saturated heterocycles. The molecule has 37 heavy (non-hydrogen) atoms. The molecule has 0 saturated carbocycles. The Balaban J connectivity index is 1.55. The lowest BCUT2D eigenvalue weighted by molar-refractivity contribution is 0.0745. The maximum absolute atomic E-state index is 13.7. The van der Waals surface area contributed by atoms with Gasteiger partial charge in [-0.15, -0.1) is 0 Å². The summed E-state index contributed by atoms with van der Waals surface area (Å²) in [5.41, 5.74) is 4.77. The number of hydrogen-bond acceptors (Lipinski definition) is 6. The van der Waals surface area contributed by atoms with E-state index in [9.17, 15) is 9.90 Å². The Morgan fingerprint density at radius 1 is 0.973 bits per heavy atom. The summed E-state index contributed by atoms with van der Waals surface area (Å²) in [4.78, 5) is 15.5. The van der Waals surface area contributed by atoms with Gasteiger partial charge in [-0.25, -0.2) is 0 Å². The second-order valence-corrected chi connectivity index (χ2v) is 8.75. The van der Waals surface area contributed by atoms with Crippen LogP contribution in [0.15, 0.2) is 66.7 Å². The molecule has 0 fully saturated rings. The van der Waals surface area contributed by atoms with E-state index in [-0.39, 0.29) is 11.7 Å². The molecule has 5 rings (SSSR count). The van der Waals surface area contributed by atoms with Gasteiger partial charge in [-0.05, 0) is 73.0 Å². The van der Waals surface area contributed by atoms with Gasteiger partial charge in [-0.3, -0.25) is 9.89 Å². The zero-order chi connectivity index (χ0) is 25.9. The highest BCUT2D eigenvalue weighted by Crippen LogP contribution is 2.44. The van der Waals surface area contributed by atoms with Crippen molar-refractivity contribution >= 4 is 5.91 Å². The van der Waals surface area contributed by atoms with E-state index in [4.69, 9.17) is 14.2 Å². The number of aromatic hydroxyl groups is 1.